The van der Waals surface area contributed by atoms with Crippen molar-refractivity contribution >= 4 is 34.9 Å². The molecule has 0 atom stereocenters. The van der Waals surface area contributed by atoms with Crippen molar-refractivity contribution in [3.8, 4) is 0 Å². The molecule has 1 aromatic heterocycles. The van der Waals surface area contributed by atoms with E-state index in [1.165, 1.54) is 11.8 Å². The Morgan fingerprint density at radius 2 is 1.62 bits per heavy atom. The average Bonchev–Trinajstić information content (AvgIpc) is 2.50. The van der Waals surface area contributed by atoms with E-state index >= 15 is 0 Å². The van der Waals surface area contributed by atoms with E-state index in [4.69, 9.17) is 17.3 Å². The zero-order valence-electron chi connectivity index (χ0n) is 14.7. The van der Waals surface area contributed by atoms with Gasteiger partial charge in [-0.05, 0) is 36.1 Å². The first-order valence-corrected chi connectivity index (χ1v) is 9.35. The Morgan fingerprint density at radius 3 is 2.17 bits per heavy atom. The van der Waals surface area contributed by atoms with Crippen LogP contribution in [0.15, 0.2) is 40.5 Å². The van der Waals surface area contributed by atoms with Crippen LogP contribution in [-0.4, -0.2) is 23.1 Å². The second-order valence-corrected chi connectivity index (χ2v) is 8.16. The molecule has 2 N–H and O–H groups in total. The maximum Gasteiger partial charge on any atom is 0.156 e. The van der Waals surface area contributed by atoms with Gasteiger partial charge in [-0.25, -0.2) is 9.97 Å². The van der Waals surface area contributed by atoms with Gasteiger partial charge in [0.05, 0.1) is 0 Å². The molecule has 0 aliphatic heterocycles. The molecule has 0 bridgehead atoms. The molecule has 130 valence electrons. The van der Waals surface area contributed by atoms with Gasteiger partial charge in [-0.3, -0.25) is 0 Å². The van der Waals surface area contributed by atoms with E-state index in [1.54, 1.807) is 6.33 Å². The quantitative estimate of drug-likeness (QED) is 0.702. The molecule has 0 spiro atoms. The Balaban J connectivity index is 2.28. The van der Waals surface area contributed by atoms with E-state index in [0.717, 1.165) is 33.9 Å². The topological polar surface area (TPSA) is 55.0 Å². The fourth-order valence-electron chi connectivity index (χ4n) is 2.45. The van der Waals surface area contributed by atoms with Crippen LogP contribution >= 0.6 is 23.4 Å². The first-order valence-electron chi connectivity index (χ1n) is 8.15. The molecule has 1 aromatic carbocycles. The van der Waals surface area contributed by atoms with Crippen molar-refractivity contribution in [2.75, 3.05) is 23.7 Å². The summed E-state index contributed by atoms with van der Waals surface area (Å²) < 4.78 is 0. The molecule has 0 radical (unpaired) electrons. The van der Waals surface area contributed by atoms with Crippen LogP contribution in [0.2, 0.25) is 5.02 Å². The molecule has 24 heavy (non-hydrogen) atoms. The molecule has 1 heterocycles. The fourth-order valence-corrected chi connectivity index (χ4v) is 3.37. The molecular formula is C18H25ClN4S. The summed E-state index contributed by atoms with van der Waals surface area (Å²) in [6.45, 7) is 10.7. The molecule has 0 saturated carbocycles. The molecule has 2 aromatic rings. The van der Waals surface area contributed by atoms with Crippen LogP contribution in [0, 0.1) is 11.8 Å². The van der Waals surface area contributed by atoms with Crippen LogP contribution in [0.1, 0.15) is 27.7 Å². The molecule has 4 nitrogen and oxygen atoms in total. The van der Waals surface area contributed by atoms with Crippen LogP contribution in [-0.2, 0) is 0 Å². The first-order chi connectivity index (χ1) is 11.4. The standard InChI is InChI=1S/C18H25ClN4S/c1-12(2)9-23(10-13(3)4)17-16(20)18(22-11-21-17)24-15-7-5-14(19)6-8-15/h5-8,11-13H,9-10,20H2,1-4H3. The Labute approximate surface area is 153 Å². The first kappa shape index (κ1) is 18.9. The van der Waals surface area contributed by atoms with Gasteiger partial charge in [0, 0.05) is 23.0 Å². The number of rotatable bonds is 7. The fraction of sp³-hybridized carbons (Fsp3) is 0.444. The predicted molar refractivity (Wildman–Crippen MR) is 104 cm³/mol. The van der Waals surface area contributed by atoms with Gasteiger partial charge in [-0.15, -0.1) is 0 Å². The zero-order valence-corrected chi connectivity index (χ0v) is 16.2. The number of hydrogen-bond acceptors (Lipinski definition) is 5. The second-order valence-electron chi connectivity index (χ2n) is 6.66. The molecule has 0 fully saturated rings. The number of nitrogens with two attached hydrogens (primary N) is 1. The van der Waals surface area contributed by atoms with Crippen molar-refractivity contribution in [3.63, 3.8) is 0 Å². The normalized spacial score (nSPS) is 11.3. The molecule has 0 aliphatic rings. The van der Waals surface area contributed by atoms with Crippen molar-refractivity contribution in [1.29, 1.82) is 0 Å². The lowest BCUT2D eigenvalue weighted by Crippen LogP contribution is -2.32. The summed E-state index contributed by atoms with van der Waals surface area (Å²) in [7, 11) is 0. The van der Waals surface area contributed by atoms with Crippen LogP contribution < -0.4 is 10.6 Å². The highest BCUT2D eigenvalue weighted by molar-refractivity contribution is 7.99. The molecule has 0 amide bonds. The van der Waals surface area contributed by atoms with Crippen LogP contribution in [0.25, 0.3) is 0 Å². The van der Waals surface area contributed by atoms with Crippen molar-refractivity contribution in [3.05, 3.63) is 35.6 Å². The summed E-state index contributed by atoms with van der Waals surface area (Å²) >= 11 is 7.47. The minimum atomic E-state index is 0.533. The third kappa shape index (κ3) is 5.28. The molecule has 0 aliphatic carbocycles. The number of aromatic nitrogens is 2. The maximum atomic E-state index is 6.40. The molecular weight excluding hydrogens is 340 g/mol. The van der Waals surface area contributed by atoms with Crippen LogP contribution in [0.5, 0.6) is 0 Å². The lowest BCUT2D eigenvalue weighted by molar-refractivity contribution is 0.548. The van der Waals surface area contributed by atoms with Crippen molar-refractivity contribution in [2.45, 2.75) is 37.6 Å². The summed E-state index contributed by atoms with van der Waals surface area (Å²) in [6.07, 6.45) is 1.59. The van der Waals surface area contributed by atoms with Crippen molar-refractivity contribution in [2.24, 2.45) is 11.8 Å². The van der Waals surface area contributed by atoms with Gasteiger partial charge in [-0.1, -0.05) is 51.1 Å². The van der Waals surface area contributed by atoms with Gasteiger partial charge >= 0.3 is 0 Å². The molecule has 2 rings (SSSR count). The number of nitrogens with zero attached hydrogens (tertiary/aromatic N) is 3. The lowest BCUT2D eigenvalue weighted by atomic mass is 10.1. The number of halogens is 1. The van der Waals surface area contributed by atoms with Crippen molar-refractivity contribution in [1.82, 2.24) is 9.97 Å². The summed E-state index contributed by atoms with van der Waals surface area (Å²) in [6, 6.07) is 7.67. The van der Waals surface area contributed by atoms with E-state index < -0.39 is 0 Å². The lowest BCUT2D eigenvalue weighted by Gasteiger charge is -2.28. The van der Waals surface area contributed by atoms with Crippen LogP contribution in [0.4, 0.5) is 11.5 Å². The molecule has 6 heteroatoms. The van der Waals surface area contributed by atoms with E-state index in [1.807, 2.05) is 24.3 Å². The SMILES string of the molecule is CC(C)CN(CC(C)C)c1ncnc(Sc2ccc(Cl)cc2)c1N. The van der Waals surface area contributed by atoms with Gasteiger partial charge in [0.1, 0.15) is 17.0 Å². The van der Waals surface area contributed by atoms with Gasteiger partial charge in [0.25, 0.3) is 0 Å². The second kappa shape index (κ2) is 8.58. The maximum absolute atomic E-state index is 6.40. The summed E-state index contributed by atoms with van der Waals surface area (Å²) in [4.78, 5) is 12.1. The molecule has 0 saturated heterocycles. The Hall–Kier alpha value is -1.46. The Kier molecular flexibility index (Phi) is 6.75. The minimum absolute atomic E-state index is 0.533. The Bertz CT molecular complexity index is 649. The van der Waals surface area contributed by atoms with Gasteiger partial charge < -0.3 is 10.6 Å². The predicted octanol–water partition coefficient (Wildman–Crippen LogP) is 4.98. The van der Waals surface area contributed by atoms with E-state index in [-0.39, 0.29) is 0 Å². The summed E-state index contributed by atoms with van der Waals surface area (Å²) in [5.41, 5.74) is 7.04. The van der Waals surface area contributed by atoms with E-state index in [2.05, 4.69) is 42.6 Å². The summed E-state index contributed by atoms with van der Waals surface area (Å²) in [5.74, 6) is 1.89. The highest BCUT2D eigenvalue weighted by atomic mass is 35.5. The van der Waals surface area contributed by atoms with Gasteiger partial charge in [-0.2, -0.15) is 0 Å². The largest absolute Gasteiger partial charge is 0.394 e. The number of benzene rings is 1. The highest BCUT2D eigenvalue weighted by Crippen LogP contribution is 2.35. The Morgan fingerprint density at radius 1 is 1.04 bits per heavy atom. The monoisotopic (exact) mass is 364 g/mol. The third-order valence-electron chi connectivity index (χ3n) is 3.33. The van der Waals surface area contributed by atoms with Gasteiger partial charge in [0.15, 0.2) is 5.82 Å². The smallest absolute Gasteiger partial charge is 0.156 e. The van der Waals surface area contributed by atoms with Gasteiger partial charge in [0.2, 0.25) is 0 Å². The number of hydrogen-bond donors (Lipinski definition) is 1. The molecule has 0 unspecified atom stereocenters. The van der Waals surface area contributed by atoms with Crippen molar-refractivity contribution < 1.29 is 0 Å². The van der Waals surface area contributed by atoms with E-state index in [9.17, 15) is 0 Å². The minimum Gasteiger partial charge on any atom is -0.394 e. The number of nitrogen functional groups attached to an aromatic ring is 1. The number of anilines is 2. The zero-order chi connectivity index (χ0) is 17.7. The average molecular weight is 365 g/mol. The van der Waals surface area contributed by atoms with Crippen LogP contribution in [0.3, 0.4) is 0 Å². The third-order valence-corrected chi connectivity index (χ3v) is 4.60. The highest BCUT2D eigenvalue weighted by Gasteiger charge is 2.18. The summed E-state index contributed by atoms with van der Waals surface area (Å²) in [5, 5.41) is 1.50. The van der Waals surface area contributed by atoms with E-state index in [0.29, 0.717) is 17.5 Å².